The summed E-state index contributed by atoms with van der Waals surface area (Å²) >= 11 is 0. The second-order valence-corrected chi connectivity index (χ2v) is 6.38. The van der Waals surface area contributed by atoms with Crippen LogP contribution >= 0.6 is 0 Å². The maximum absolute atomic E-state index is 14.0. The highest BCUT2D eigenvalue weighted by atomic mass is 19.1. The van der Waals surface area contributed by atoms with Crippen molar-refractivity contribution in [3.63, 3.8) is 0 Å². The monoisotopic (exact) mass is 401 g/mol. The third-order valence-corrected chi connectivity index (χ3v) is 4.31. The van der Waals surface area contributed by atoms with E-state index in [4.69, 9.17) is 0 Å². The van der Waals surface area contributed by atoms with Crippen LogP contribution in [0.1, 0.15) is 34.1 Å². The fraction of sp³-hybridized carbons (Fsp3) is 0.150. The van der Waals surface area contributed by atoms with Crippen LogP contribution in [0.25, 0.3) is 5.69 Å². The first-order valence-electron chi connectivity index (χ1n) is 8.59. The largest absolute Gasteiger partial charge is 0.493 e. The molecular formula is C20H17F2N3O4. The van der Waals surface area contributed by atoms with Crippen LogP contribution < -0.4 is 5.32 Å². The van der Waals surface area contributed by atoms with Gasteiger partial charge in [-0.2, -0.15) is 9.78 Å². The molecule has 0 aliphatic heterocycles. The van der Waals surface area contributed by atoms with Gasteiger partial charge in [0.1, 0.15) is 17.3 Å². The van der Waals surface area contributed by atoms with E-state index < -0.39 is 35.4 Å². The number of halogens is 2. The normalized spacial score (nSPS) is 11.8. The van der Waals surface area contributed by atoms with Crippen molar-refractivity contribution in [2.45, 2.75) is 19.4 Å². The van der Waals surface area contributed by atoms with E-state index in [2.05, 4.69) is 10.4 Å². The molecular weight excluding hydrogens is 384 g/mol. The van der Waals surface area contributed by atoms with Crippen LogP contribution in [0.5, 0.6) is 5.88 Å². The number of aromatic hydroxyl groups is 1. The van der Waals surface area contributed by atoms with Gasteiger partial charge in [-0.05, 0) is 30.2 Å². The molecule has 0 unspecified atom stereocenters. The topological polar surface area (TPSA) is 104 Å². The highest BCUT2D eigenvalue weighted by Gasteiger charge is 2.23. The number of amides is 1. The Morgan fingerprint density at radius 1 is 1.17 bits per heavy atom. The van der Waals surface area contributed by atoms with Crippen LogP contribution in [0.4, 0.5) is 8.78 Å². The summed E-state index contributed by atoms with van der Waals surface area (Å²) in [5.74, 6) is -4.06. The van der Waals surface area contributed by atoms with Gasteiger partial charge in [0.25, 0.3) is 5.91 Å². The Kier molecular flexibility index (Phi) is 5.58. The lowest BCUT2D eigenvalue weighted by molar-refractivity contribution is -0.137. The van der Waals surface area contributed by atoms with Gasteiger partial charge in [-0.25, -0.2) is 8.78 Å². The lowest BCUT2D eigenvalue weighted by Gasteiger charge is -2.18. The van der Waals surface area contributed by atoms with Crippen molar-refractivity contribution in [3.8, 4) is 11.6 Å². The molecule has 1 amide bonds. The van der Waals surface area contributed by atoms with Crippen LogP contribution in [0, 0.1) is 18.6 Å². The lowest BCUT2D eigenvalue weighted by Crippen LogP contribution is -2.31. The standard InChI is InChI=1S/C20H17F2N3O4/c1-11-4-2-3-5-13(11)15(10-19(27)28)23-20(29)16-9-18(26)25(24-16)17-8-12(21)6-7-14(17)22/h2-9,15,26H,10H2,1H3,(H,23,29)(H,27,28)/t15-/m0/s1. The lowest BCUT2D eigenvalue weighted by atomic mass is 9.98. The summed E-state index contributed by atoms with van der Waals surface area (Å²) in [6, 6.07) is 9.71. The number of benzene rings is 2. The number of nitrogens with zero attached hydrogens (tertiary/aromatic N) is 2. The molecule has 3 N–H and O–H groups in total. The molecule has 9 heteroatoms. The van der Waals surface area contributed by atoms with Gasteiger partial charge in [0, 0.05) is 12.1 Å². The number of carboxylic acid groups (broad SMARTS) is 1. The first-order chi connectivity index (χ1) is 13.8. The number of aryl methyl sites for hydroxylation is 1. The summed E-state index contributed by atoms with van der Waals surface area (Å²) in [4.78, 5) is 23.8. The number of aliphatic carboxylic acids is 1. The molecule has 1 heterocycles. The molecule has 0 fully saturated rings. The zero-order valence-electron chi connectivity index (χ0n) is 15.3. The van der Waals surface area contributed by atoms with Crippen molar-refractivity contribution in [1.29, 1.82) is 0 Å². The SMILES string of the molecule is Cc1ccccc1[C@H](CC(=O)O)NC(=O)c1cc(O)n(-c2cc(F)ccc2F)n1. The number of aromatic nitrogens is 2. The van der Waals surface area contributed by atoms with E-state index in [0.717, 1.165) is 29.8 Å². The molecule has 29 heavy (non-hydrogen) atoms. The molecule has 1 atom stereocenters. The van der Waals surface area contributed by atoms with E-state index in [1.807, 2.05) is 0 Å². The number of hydrogen-bond acceptors (Lipinski definition) is 4. The van der Waals surface area contributed by atoms with Gasteiger partial charge in [-0.3, -0.25) is 9.59 Å². The summed E-state index contributed by atoms with van der Waals surface area (Å²) in [5, 5.41) is 25.6. The van der Waals surface area contributed by atoms with Crippen molar-refractivity contribution < 1.29 is 28.6 Å². The molecule has 0 spiro atoms. The summed E-state index contributed by atoms with van der Waals surface area (Å²) in [5.41, 5.74) is 0.745. The van der Waals surface area contributed by atoms with Crippen LogP contribution in [0.2, 0.25) is 0 Å². The van der Waals surface area contributed by atoms with E-state index in [-0.39, 0.29) is 17.8 Å². The molecule has 0 saturated heterocycles. The minimum atomic E-state index is -1.12. The highest BCUT2D eigenvalue weighted by molar-refractivity contribution is 5.93. The average Bonchev–Trinajstić information content (AvgIpc) is 3.05. The summed E-state index contributed by atoms with van der Waals surface area (Å²) < 4.78 is 28.1. The molecule has 0 aliphatic rings. The zero-order valence-corrected chi connectivity index (χ0v) is 15.3. The summed E-state index contributed by atoms with van der Waals surface area (Å²) in [7, 11) is 0. The van der Waals surface area contributed by atoms with Crippen molar-refractivity contribution in [2.24, 2.45) is 0 Å². The fourth-order valence-corrected chi connectivity index (χ4v) is 2.93. The number of rotatable bonds is 6. The van der Waals surface area contributed by atoms with Crippen molar-refractivity contribution >= 4 is 11.9 Å². The van der Waals surface area contributed by atoms with Crippen LogP contribution in [0.3, 0.4) is 0 Å². The van der Waals surface area contributed by atoms with Crippen LogP contribution in [0.15, 0.2) is 48.5 Å². The Balaban J connectivity index is 1.91. The number of nitrogens with one attached hydrogen (secondary N) is 1. The van der Waals surface area contributed by atoms with Crippen LogP contribution in [-0.4, -0.2) is 31.9 Å². The van der Waals surface area contributed by atoms with E-state index in [0.29, 0.717) is 10.2 Å². The van der Waals surface area contributed by atoms with E-state index >= 15 is 0 Å². The molecule has 1 aromatic heterocycles. The maximum Gasteiger partial charge on any atom is 0.305 e. The Labute approximate surface area is 164 Å². The second kappa shape index (κ2) is 8.09. The molecule has 3 rings (SSSR count). The number of carboxylic acids is 1. The Hall–Kier alpha value is -3.75. The molecule has 3 aromatic rings. The summed E-state index contributed by atoms with van der Waals surface area (Å²) in [6.07, 6.45) is -0.373. The molecule has 7 nitrogen and oxygen atoms in total. The van der Waals surface area contributed by atoms with Gasteiger partial charge >= 0.3 is 5.97 Å². The quantitative estimate of drug-likeness (QED) is 0.589. The number of hydrogen-bond donors (Lipinski definition) is 3. The molecule has 0 radical (unpaired) electrons. The summed E-state index contributed by atoms with van der Waals surface area (Å²) in [6.45, 7) is 1.78. The minimum absolute atomic E-state index is 0.282. The van der Waals surface area contributed by atoms with E-state index in [9.17, 15) is 28.6 Å². The minimum Gasteiger partial charge on any atom is -0.493 e. The Bertz CT molecular complexity index is 1080. The third kappa shape index (κ3) is 4.40. The maximum atomic E-state index is 14.0. The van der Waals surface area contributed by atoms with Gasteiger partial charge < -0.3 is 15.5 Å². The van der Waals surface area contributed by atoms with Crippen molar-refractivity contribution in [2.75, 3.05) is 0 Å². The van der Waals surface area contributed by atoms with Gasteiger partial charge in [0.05, 0.1) is 12.5 Å². The average molecular weight is 401 g/mol. The zero-order chi connectivity index (χ0) is 21.1. The number of carbonyl (C=O) groups excluding carboxylic acids is 1. The van der Waals surface area contributed by atoms with Gasteiger partial charge in [0.2, 0.25) is 5.88 Å². The predicted octanol–water partition coefficient (Wildman–Crippen LogP) is 3.11. The fourth-order valence-electron chi connectivity index (χ4n) is 2.93. The number of carbonyl (C=O) groups is 2. The van der Waals surface area contributed by atoms with E-state index in [1.165, 1.54) is 0 Å². The predicted molar refractivity (Wildman–Crippen MR) is 98.8 cm³/mol. The second-order valence-electron chi connectivity index (χ2n) is 6.38. The smallest absolute Gasteiger partial charge is 0.305 e. The Morgan fingerprint density at radius 3 is 2.59 bits per heavy atom. The van der Waals surface area contributed by atoms with Gasteiger partial charge in [0.15, 0.2) is 5.69 Å². The van der Waals surface area contributed by atoms with Crippen LogP contribution in [-0.2, 0) is 4.79 Å². The van der Waals surface area contributed by atoms with Gasteiger partial charge in [-0.1, -0.05) is 24.3 Å². The molecule has 0 bridgehead atoms. The molecule has 0 aliphatic carbocycles. The first kappa shape index (κ1) is 20.0. The molecule has 2 aromatic carbocycles. The van der Waals surface area contributed by atoms with Crippen molar-refractivity contribution in [3.05, 3.63) is 77.0 Å². The first-order valence-corrected chi connectivity index (χ1v) is 8.59. The highest BCUT2D eigenvalue weighted by Crippen LogP contribution is 2.24. The van der Waals surface area contributed by atoms with Crippen molar-refractivity contribution in [1.82, 2.24) is 15.1 Å². The third-order valence-electron chi connectivity index (χ3n) is 4.31. The van der Waals surface area contributed by atoms with Gasteiger partial charge in [-0.15, -0.1) is 0 Å². The molecule has 0 saturated carbocycles. The Morgan fingerprint density at radius 2 is 1.90 bits per heavy atom. The van der Waals surface area contributed by atoms with E-state index in [1.54, 1.807) is 31.2 Å². The molecule has 150 valence electrons.